The maximum Gasteiger partial charge on any atom is 0.305 e. The lowest BCUT2D eigenvalue weighted by atomic mass is 9.71. The number of carboxylic acid groups (broad SMARTS) is 1. The van der Waals surface area contributed by atoms with Crippen LogP contribution in [0.4, 0.5) is 5.69 Å². The van der Waals surface area contributed by atoms with Gasteiger partial charge >= 0.3 is 5.97 Å². The van der Waals surface area contributed by atoms with Gasteiger partial charge in [-0.2, -0.15) is 5.26 Å². The summed E-state index contributed by atoms with van der Waals surface area (Å²) in [5.41, 5.74) is 6.14. The summed E-state index contributed by atoms with van der Waals surface area (Å²) in [5.74, 6) is 0.139. The highest BCUT2D eigenvalue weighted by atomic mass is 32.2. The van der Waals surface area contributed by atoms with Crippen LogP contribution in [-0.2, 0) is 19.7 Å². The van der Waals surface area contributed by atoms with E-state index in [1.54, 1.807) is 11.8 Å². The zero-order valence-corrected chi connectivity index (χ0v) is 47.0. The van der Waals surface area contributed by atoms with Gasteiger partial charge in [-0.15, -0.1) is 0 Å². The van der Waals surface area contributed by atoms with E-state index in [1.807, 2.05) is 18.2 Å². The molecular weight excluding hydrogens is 919 g/mol. The molecule has 2 aliphatic rings. The molecule has 0 saturated carbocycles. The molecule has 0 fully saturated rings. The van der Waals surface area contributed by atoms with Gasteiger partial charge < -0.3 is 14.7 Å². The lowest BCUT2D eigenvalue weighted by molar-refractivity contribution is -0.518. The van der Waals surface area contributed by atoms with E-state index < -0.39 is 5.97 Å². The molecule has 2 aliphatic heterocycles. The molecule has 4 rings (SSSR count). The second-order valence-electron chi connectivity index (χ2n) is 21.3. The number of carbonyl (C=O) groups excluding carboxylic acids is 1. The van der Waals surface area contributed by atoms with Crippen LogP contribution in [0.3, 0.4) is 0 Å². The van der Waals surface area contributed by atoms with Crippen LogP contribution in [0.15, 0.2) is 84.1 Å². The standard InChI is InChI=1S/C65H99N3O4S/c1-3-5-7-9-11-13-15-17-19-21-23-25-27-29-31-36-47-65(48-37-32-30-28-26-24-22-20-18-16-14-12-10-8-6-4-2)60-54-59(58-38-34-33-35-39-58)42-43-61(60)68(49-46-64(70)71)62(65)44-40-57(55-66)41-45-63-67(51-53-73-63)50-52-72-56-69/h33-35,38-45,54,56H,3-32,36-37,46-53H2,1-2H3/p+1. The minimum atomic E-state index is -0.805. The van der Waals surface area contributed by atoms with Crippen molar-refractivity contribution in [3.8, 4) is 17.2 Å². The van der Waals surface area contributed by atoms with Gasteiger partial charge in [-0.05, 0) is 59.9 Å². The molecule has 2 aromatic rings. The SMILES string of the molecule is CCCCCCCCCCCCCCCCCCC1(CCCCCCCCCCCCCCCCCC)C(=CC=C(C#N)C=CC2=[N+](CCOC=O)CCS2)N(CCC(=O)O)c2ccc(-c3ccccc3)cc21. The first-order valence-corrected chi connectivity index (χ1v) is 31.0. The van der Waals surface area contributed by atoms with Crippen molar-refractivity contribution in [3.63, 3.8) is 0 Å². The number of unbranched alkanes of at least 4 members (excludes halogenated alkanes) is 30. The zero-order valence-electron chi connectivity index (χ0n) is 46.2. The number of hydrogen-bond donors (Lipinski definition) is 1. The highest BCUT2D eigenvalue weighted by Gasteiger charge is 2.46. The molecule has 1 N–H and O–H groups in total. The van der Waals surface area contributed by atoms with Crippen LogP contribution in [-0.4, -0.2) is 59.2 Å². The third-order valence-electron chi connectivity index (χ3n) is 15.6. The van der Waals surface area contributed by atoms with Crippen molar-refractivity contribution >= 4 is 34.9 Å². The number of nitrogens with zero attached hydrogens (tertiary/aromatic N) is 3. The second kappa shape index (κ2) is 39.3. The van der Waals surface area contributed by atoms with Gasteiger partial charge in [0, 0.05) is 29.4 Å². The number of hydrogen-bond acceptors (Lipinski definition) is 6. The van der Waals surface area contributed by atoms with Crippen LogP contribution in [0.2, 0.25) is 0 Å². The molecule has 73 heavy (non-hydrogen) atoms. The van der Waals surface area contributed by atoms with Gasteiger partial charge in [-0.3, -0.25) is 9.59 Å². The van der Waals surface area contributed by atoms with Crippen LogP contribution >= 0.6 is 11.8 Å². The number of aliphatic carboxylic acids is 1. The summed E-state index contributed by atoms with van der Waals surface area (Å²) in [6.45, 7) is 7.26. The molecule has 0 unspecified atom stereocenters. The minimum Gasteiger partial charge on any atom is -0.481 e. The second-order valence-corrected chi connectivity index (χ2v) is 22.5. The Morgan fingerprint density at radius 3 is 1.66 bits per heavy atom. The summed E-state index contributed by atoms with van der Waals surface area (Å²) < 4.78 is 7.20. The molecule has 2 heterocycles. The minimum absolute atomic E-state index is 0.0271. The van der Waals surface area contributed by atoms with E-state index in [0.717, 1.165) is 54.4 Å². The topological polar surface area (TPSA) is 93.6 Å². The summed E-state index contributed by atoms with van der Waals surface area (Å²) in [4.78, 5) is 25.5. The first kappa shape index (κ1) is 61.5. The molecule has 0 aromatic heterocycles. The first-order chi connectivity index (χ1) is 36.0. The molecule has 7 nitrogen and oxygen atoms in total. The Kier molecular flexibility index (Phi) is 33.1. The summed E-state index contributed by atoms with van der Waals surface area (Å²) in [5, 5.41) is 21.8. The maximum absolute atomic E-state index is 12.3. The average Bonchev–Trinajstić information content (AvgIpc) is 3.96. The molecule has 0 saturated heterocycles. The summed E-state index contributed by atoms with van der Waals surface area (Å²) >= 11 is 1.75. The Morgan fingerprint density at radius 2 is 1.19 bits per heavy atom. The Balaban J connectivity index is 1.53. The van der Waals surface area contributed by atoms with E-state index in [0.29, 0.717) is 31.7 Å². The Labute approximate surface area is 449 Å². The number of carbonyl (C=O) groups is 2. The van der Waals surface area contributed by atoms with Crippen molar-refractivity contribution in [2.45, 2.75) is 244 Å². The molecule has 0 aliphatic carbocycles. The van der Waals surface area contributed by atoms with Gasteiger partial charge in [-0.25, -0.2) is 4.58 Å². The van der Waals surface area contributed by atoms with Crippen molar-refractivity contribution in [2.24, 2.45) is 0 Å². The van der Waals surface area contributed by atoms with Gasteiger partial charge in [0.15, 0.2) is 13.1 Å². The van der Waals surface area contributed by atoms with Crippen LogP contribution in [0.5, 0.6) is 0 Å². The fraction of sp³-hybridized carbons (Fsp3) is 0.662. The largest absolute Gasteiger partial charge is 0.481 e. The molecule has 404 valence electrons. The lowest BCUT2D eigenvalue weighted by Gasteiger charge is -2.34. The molecule has 0 radical (unpaired) electrons. The maximum atomic E-state index is 12.3. The predicted molar refractivity (Wildman–Crippen MR) is 312 cm³/mol. The Bertz CT molecular complexity index is 1950. The van der Waals surface area contributed by atoms with Crippen LogP contribution in [0.25, 0.3) is 11.1 Å². The number of ether oxygens (including phenoxy) is 1. The van der Waals surface area contributed by atoms with Gasteiger partial charge in [0.05, 0.1) is 23.8 Å². The van der Waals surface area contributed by atoms with Gasteiger partial charge in [-0.1, -0.05) is 267 Å². The monoisotopic (exact) mass is 1020 g/mol. The molecule has 0 amide bonds. The molecule has 2 aromatic carbocycles. The third-order valence-corrected chi connectivity index (χ3v) is 16.7. The van der Waals surface area contributed by atoms with Crippen molar-refractivity contribution in [2.75, 3.05) is 36.9 Å². The normalized spacial score (nSPS) is 14.9. The number of benzene rings is 2. The summed E-state index contributed by atoms with van der Waals surface area (Å²) in [7, 11) is 0. The fourth-order valence-corrected chi connectivity index (χ4v) is 12.3. The summed E-state index contributed by atoms with van der Waals surface area (Å²) in [6, 6.07) is 20.0. The van der Waals surface area contributed by atoms with E-state index in [2.05, 4.69) is 84.0 Å². The number of fused-ring (bicyclic) bond motifs is 1. The van der Waals surface area contributed by atoms with Crippen LogP contribution in [0.1, 0.15) is 244 Å². The van der Waals surface area contributed by atoms with Crippen molar-refractivity contribution in [1.82, 2.24) is 0 Å². The zero-order chi connectivity index (χ0) is 51.9. The van der Waals surface area contributed by atoms with Crippen molar-refractivity contribution in [3.05, 3.63) is 89.7 Å². The van der Waals surface area contributed by atoms with Gasteiger partial charge in [0.1, 0.15) is 6.61 Å². The van der Waals surface area contributed by atoms with E-state index in [4.69, 9.17) is 4.74 Å². The lowest BCUT2D eigenvalue weighted by Crippen LogP contribution is -2.32. The number of thioether (sulfide) groups is 1. The smallest absolute Gasteiger partial charge is 0.305 e. The Morgan fingerprint density at radius 1 is 0.699 bits per heavy atom. The number of allylic oxidation sites excluding steroid dienone is 5. The molecule has 0 atom stereocenters. The van der Waals surface area contributed by atoms with Crippen molar-refractivity contribution in [1.29, 1.82) is 5.26 Å². The molecular formula is C65H100N3O4S+. The summed E-state index contributed by atoms with van der Waals surface area (Å²) in [6.07, 6.45) is 52.7. The third kappa shape index (κ3) is 24.0. The fourth-order valence-electron chi connectivity index (χ4n) is 11.3. The van der Waals surface area contributed by atoms with E-state index in [9.17, 15) is 20.0 Å². The molecule has 0 spiro atoms. The highest BCUT2D eigenvalue weighted by molar-refractivity contribution is 8.14. The van der Waals surface area contributed by atoms with E-state index in [-0.39, 0.29) is 11.8 Å². The van der Waals surface area contributed by atoms with E-state index in [1.165, 1.54) is 209 Å². The molecule has 0 bridgehead atoms. The highest BCUT2D eigenvalue weighted by Crippen LogP contribution is 2.55. The van der Waals surface area contributed by atoms with Crippen LogP contribution in [0, 0.1) is 11.3 Å². The average molecular weight is 1020 g/mol. The van der Waals surface area contributed by atoms with E-state index >= 15 is 0 Å². The van der Waals surface area contributed by atoms with Gasteiger partial charge in [0.2, 0.25) is 5.04 Å². The number of anilines is 1. The van der Waals surface area contributed by atoms with Crippen LogP contribution < -0.4 is 4.90 Å². The van der Waals surface area contributed by atoms with Crippen molar-refractivity contribution < 1.29 is 24.0 Å². The van der Waals surface area contributed by atoms with Gasteiger partial charge in [0.25, 0.3) is 6.47 Å². The predicted octanol–water partition coefficient (Wildman–Crippen LogP) is 18.4. The quantitative estimate of drug-likeness (QED) is 0.0232. The number of rotatable bonds is 45. The first-order valence-electron chi connectivity index (χ1n) is 30.0. The Hall–Kier alpha value is -4.09. The molecule has 8 heteroatoms. The number of carboxylic acids is 1. The number of nitriles is 1.